The van der Waals surface area contributed by atoms with E-state index in [-0.39, 0.29) is 81.0 Å². The number of Topliss-reactive ketones (excluding diaryl/α,β-unsaturated/α-hetero) is 1. The van der Waals surface area contributed by atoms with Gasteiger partial charge in [0.1, 0.15) is 12.1 Å². The number of hydrogen-bond acceptors (Lipinski definition) is 22. The van der Waals surface area contributed by atoms with Crippen LogP contribution in [0.5, 0.6) is 34.5 Å². The molecule has 556 valence electrons. The second-order valence-electron chi connectivity index (χ2n) is 24.3. The first-order chi connectivity index (χ1) is 49.5. The fraction of sp³-hybridized carbons (Fsp3) is 0.520. The van der Waals surface area contributed by atoms with Crippen molar-refractivity contribution in [2.24, 2.45) is 21.8 Å². The van der Waals surface area contributed by atoms with Crippen molar-refractivity contribution in [2.75, 3.05) is 152 Å². The van der Waals surface area contributed by atoms with Gasteiger partial charge >= 0.3 is 0 Å². The van der Waals surface area contributed by atoms with Crippen LogP contribution in [0, 0.1) is 11.8 Å². The first-order valence-electron chi connectivity index (χ1n) is 34.8. The number of ether oxygens (including phenoxy) is 14. The molecule has 0 radical (unpaired) electrons. The van der Waals surface area contributed by atoms with Crippen molar-refractivity contribution in [3.05, 3.63) is 101 Å². The number of nitrogens with one attached hydrogen (secondary N) is 4. The fourth-order valence-corrected chi connectivity index (χ4v) is 10.7. The average molecular weight is 1420 g/mol. The van der Waals surface area contributed by atoms with Gasteiger partial charge < -0.3 is 92.5 Å². The van der Waals surface area contributed by atoms with Crippen LogP contribution in [0.4, 0.5) is 17.1 Å². The Morgan fingerprint density at radius 1 is 0.657 bits per heavy atom. The van der Waals surface area contributed by atoms with Crippen molar-refractivity contribution in [3.63, 3.8) is 0 Å². The summed E-state index contributed by atoms with van der Waals surface area (Å²) in [5, 5.41) is 11.1. The fourth-order valence-electron chi connectivity index (χ4n) is 10.7. The topological polar surface area (TPSA) is 308 Å². The number of benzene rings is 4. The van der Waals surface area contributed by atoms with Crippen LogP contribution in [0.3, 0.4) is 0 Å². The van der Waals surface area contributed by atoms with Crippen molar-refractivity contribution in [1.29, 1.82) is 0 Å². The lowest BCUT2D eigenvalue weighted by Gasteiger charge is -2.24. The van der Waals surface area contributed by atoms with E-state index in [4.69, 9.17) is 76.3 Å². The van der Waals surface area contributed by atoms with Gasteiger partial charge in [0.25, 0.3) is 5.91 Å². The van der Waals surface area contributed by atoms with E-state index >= 15 is 0 Å². The average Bonchev–Trinajstić information content (AvgIpc) is 1.62. The monoisotopic (exact) mass is 1420 g/mol. The van der Waals surface area contributed by atoms with E-state index in [0.717, 1.165) is 33.8 Å². The molecule has 4 unspecified atom stereocenters. The number of fused-ring (bicyclic) bond motifs is 3. The van der Waals surface area contributed by atoms with Gasteiger partial charge in [0.15, 0.2) is 40.3 Å². The van der Waals surface area contributed by atoms with Crippen LogP contribution in [0.15, 0.2) is 89.0 Å². The number of allylic oxidation sites excluding steroid dienone is 2. The highest BCUT2D eigenvalue weighted by atomic mass is 16.7. The SMILES string of the molecule is C/C=C(\CC(C)C=Nc1cc(OCCCOc2cc3c(cc2OC)C(=O)N2C=C(c4ccc(NC(=O)C(C)NC(=O)C(NC(=O)CCOCCOCCOCCOCCOCCOCCOCCOCCNC(=O)CC)C(C)C)cc4)CC2C=N3)c(OC)cc1C(C)=O)c1ccc2c(c1)OCO2. The Labute approximate surface area is 597 Å². The van der Waals surface area contributed by atoms with Gasteiger partial charge in [0, 0.05) is 74.2 Å². The molecule has 3 aliphatic heterocycles. The molecule has 102 heavy (non-hydrogen) atoms. The molecular weight excluding hydrogens is 1320 g/mol. The lowest BCUT2D eigenvalue weighted by atomic mass is 9.95. The van der Waals surface area contributed by atoms with Gasteiger partial charge in [-0.3, -0.25) is 38.8 Å². The first-order valence-corrected chi connectivity index (χ1v) is 34.8. The number of methoxy groups -OCH3 is 2. The van der Waals surface area contributed by atoms with Gasteiger partial charge in [-0.2, -0.15) is 0 Å². The highest BCUT2D eigenvalue weighted by molar-refractivity contribution is 6.06. The number of carbonyl (C=O) groups excluding carboxylic acids is 6. The summed E-state index contributed by atoms with van der Waals surface area (Å²) < 4.78 is 78.8. The number of amides is 5. The second kappa shape index (κ2) is 43.9. The molecule has 0 fully saturated rings. The van der Waals surface area contributed by atoms with E-state index in [2.05, 4.69) is 34.3 Å². The maximum Gasteiger partial charge on any atom is 0.260 e. The Hall–Kier alpha value is -8.80. The lowest BCUT2D eigenvalue weighted by molar-refractivity contribution is -0.132. The smallest absolute Gasteiger partial charge is 0.260 e. The number of nitrogens with zero attached hydrogens (tertiary/aromatic N) is 3. The van der Waals surface area contributed by atoms with E-state index in [1.54, 1.807) is 75.2 Å². The third-order valence-corrected chi connectivity index (χ3v) is 16.3. The minimum Gasteiger partial charge on any atom is -0.493 e. The third-order valence-electron chi connectivity index (χ3n) is 16.3. The molecule has 4 aromatic rings. The highest BCUT2D eigenvalue weighted by Crippen LogP contribution is 2.41. The molecule has 0 aliphatic carbocycles. The van der Waals surface area contributed by atoms with E-state index in [0.29, 0.717) is 176 Å². The number of anilines is 1. The highest BCUT2D eigenvalue weighted by Gasteiger charge is 2.34. The molecule has 0 saturated heterocycles. The van der Waals surface area contributed by atoms with Crippen LogP contribution in [0.25, 0.3) is 11.1 Å². The zero-order chi connectivity index (χ0) is 73.0. The lowest BCUT2D eigenvalue weighted by Crippen LogP contribution is -2.53. The third kappa shape index (κ3) is 26.2. The van der Waals surface area contributed by atoms with Crippen molar-refractivity contribution < 1.29 is 95.1 Å². The van der Waals surface area contributed by atoms with Crippen molar-refractivity contribution >= 4 is 76.0 Å². The van der Waals surface area contributed by atoms with Crippen molar-refractivity contribution in [3.8, 4) is 34.5 Å². The quantitative estimate of drug-likeness (QED) is 0.0182. The number of aliphatic imine (C=N–C) groups is 2. The van der Waals surface area contributed by atoms with Gasteiger partial charge in [-0.1, -0.05) is 52.0 Å². The van der Waals surface area contributed by atoms with Crippen LogP contribution < -0.4 is 49.7 Å². The predicted octanol–water partition coefficient (Wildman–Crippen LogP) is 8.92. The maximum atomic E-state index is 14.2. The summed E-state index contributed by atoms with van der Waals surface area (Å²) in [7, 11) is 3.02. The summed E-state index contributed by atoms with van der Waals surface area (Å²) in [6, 6.07) is 17.6. The summed E-state index contributed by atoms with van der Waals surface area (Å²) >= 11 is 0. The molecule has 3 aliphatic rings. The largest absolute Gasteiger partial charge is 0.493 e. The molecule has 5 amide bonds. The zero-order valence-corrected chi connectivity index (χ0v) is 60.2. The summed E-state index contributed by atoms with van der Waals surface area (Å²) in [4.78, 5) is 89.0. The number of hydrogen-bond donors (Lipinski definition) is 4. The number of carbonyl (C=O) groups is 6. The standard InChI is InChI=1S/C75H101N7O20/c1-10-54(56-15-18-64-67(41-56)102-49-101-64)39-51(5)46-77-62-44-68(65(89-8)42-60(62)53(7)83)99-21-12-22-100-69-45-63-61(43-66(69)90-9)75(88)82-48-57(40-59(82)47-78-63)55-13-16-58(17-14-55)80-73(86)52(6)79-74(87)72(50(3)4)81-71(85)19-23-91-25-27-93-29-31-95-33-35-97-37-38-98-36-34-96-32-30-94-28-26-92-24-20-76-70(84)11-2/h10,13-18,41-48,50-52,59,72H,11-12,19-40,49H2,1-9H3,(H,76,84)(H,79,87)(H,80,86)(H,81,85)/b54-10+,77-46?. The molecule has 4 aromatic carbocycles. The van der Waals surface area contributed by atoms with E-state index < -0.39 is 23.9 Å². The van der Waals surface area contributed by atoms with E-state index in [1.165, 1.54) is 21.1 Å². The Morgan fingerprint density at radius 3 is 1.81 bits per heavy atom. The molecule has 0 aromatic heterocycles. The minimum absolute atomic E-state index is 0.00461. The molecule has 4 atom stereocenters. The van der Waals surface area contributed by atoms with Gasteiger partial charge in [-0.05, 0) is 97.7 Å². The molecule has 27 nitrogen and oxygen atoms in total. The van der Waals surface area contributed by atoms with E-state index in [9.17, 15) is 28.8 Å². The molecule has 0 spiro atoms. The number of rotatable bonds is 49. The molecule has 0 bridgehead atoms. The summed E-state index contributed by atoms with van der Waals surface area (Å²) in [5.41, 5.74) is 6.02. The Morgan fingerprint density at radius 2 is 1.24 bits per heavy atom. The van der Waals surface area contributed by atoms with Crippen LogP contribution in [-0.2, 0) is 57.1 Å². The predicted molar refractivity (Wildman–Crippen MR) is 384 cm³/mol. The molecular formula is C75H101N7O20. The normalized spacial score (nSPS) is 14.7. The maximum absolute atomic E-state index is 14.2. The molecule has 3 heterocycles. The summed E-state index contributed by atoms with van der Waals surface area (Å²) in [5.74, 6) is 1.00. The molecule has 4 N–H and O–H groups in total. The van der Waals surface area contributed by atoms with Gasteiger partial charge in [-0.25, -0.2) is 0 Å². The molecule has 27 heteroatoms. The van der Waals surface area contributed by atoms with Gasteiger partial charge in [-0.15, -0.1) is 0 Å². The molecule has 0 saturated carbocycles. The van der Waals surface area contributed by atoms with Crippen LogP contribution in [0.1, 0.15) is 112 Å². The van der Waals surface area contributed by atoms with Crippen molar-refractivity contribution in [1.82, 2.24) is 20.9 Å². The van der Waals surface area contributed by atoms with E-state index in [1.807, 2.05) is 49.7 Å². The Balaban J connectivity index is 0.747. The van der Waals surface area contributed by atoms with Crippen molar-refractivity contribution in [2.45, 2.75) is 98.7 Å². The Kier molecular flexibility index (Phi) is 34.6. The minimum atomic E-state index is -0.938. The van der Waals surface area contributed by atoms with Crippen LogP contribution in [0.2, 0.25) is 0 Å². The second-order valence-corrected chi connectivity index (χ2v) is 24.3. The zero-order valence-electron chi connectivity index (χ0n) is 60.2. The van der Waals surface area contributed by atoms with Gasteiger partial charge in [0.2, 0.25) is 30.4 Å². The first kappa shape index (κ1) is 80.5. The van der Waals surface area contributed by atoms with Crippen LogP contribution >= 0.6 is 0 Å². The summed E-state index contributed by atoms with van der Waals surface area (Å²) in [6.07, 6.45) is 9.59. The van der Waals surface area contributed by atoms with Crippen LogP contribution in [-0.4, -0.2) is 217 Å². The number of ketones is 1. The molecule has 7 rings (SSSR count). The van der Waals surface area contributed by atoms with Gasteiger partial charge in [0.05, 0.1) is 156 Å². The Bertz CT molecular complexity index is 3490. The summed E-state index contributed by atoms with van der Waals surface area (Å²) in [6.45, 7) is 20.0.